The van der Waals surface area contributed by atoms with Crippen molar-refractivity contribution >= 4 is 23.9 Å². The molecule has 1 aromatic carbocycles. The van der Waals surface area contributed by atoms with E-state index < -0.39 is 6.04 Å². The minimum atomic E-state index is -0.486. The van der Waals surface area contributed by atoms with Gasteiger partial charge in [-0.3, -0.25) is 4.68 Å². The summed E-state index contributed by atoms with van der Waals surface area (Å²) in [4.78, 5) is 16.9. The van der Waals surface area contributed by atoms with Gasteiger partial charge in [-0.15, -0.1) is 0 Å². The minimum absolute atomic E-state index is 0.397. The Hall–Kier alpha value is -3.65. The first-order valence-electron chi connectivity index (χ1n) is 12.8. The summed E-state index contributed by atoms with van der Waals surface area (Å²) in [7, 11) is 0. The zero-order chi connectivity index (χ0) is 24.9. The van der Waals surface area contributed by atoms with Gasteiger partial charge in [-0.1, -0.05) is 26.0 Å². The third-order valence-corrected chi connectivity index (χ3v) is 6.75. The molecule has 0 amide bonds. The summed E-state index contributed by atoms with van der Waals surface area (Å²) < 4.78 is 8.16. The van der Waals surface area contributed by atoms with Gasteiger partial charge in [0.15, 0.2) is 0 Å². The standard InChI is InChI=1S/C28H34N6O2/c1-19(2)10-14-36-26-6-4-3-5-23(26)32-28-27-20(7-13-30-25(27)18-35)15-24(33-28)21-16-31-34(17-21)22-8-11-29-12-9-22/h3-7,13,15-19,22,25,29-30H,8-12,14H2,1-2H3,(H,32,33). The van der Waals surface area contributed by atoms with Crippen LogP contribution >= 0.6 is 0 Å². The van der Waals surface area contributed by atoms with Gasteiger partial charge in [0, 0.05) is 17.3 Å². The van der Waals surface area contributed by atoms with Crippen LogP contribution < -0.4 is 20.7 Å². The molecule has 2 aliphatic heterocycles. The van der Waals surface area contributed by atoms with Crippen molar-refractivity contribution in [3.8, 4) is 17.0 Å². The largest absolute Gasteiger partial charge is 0.491 e. The number of fused-ring (bicyclic) bond motifs is 1. The molecule has 0 spiro atoms. The molecule has 1 unspecified atom stereocenters. The highest BCUT2D eigenvalue weighted by molar-refractivity contribution is 5.80. The number of anilines is 2. The Bertz CT molecular complexity index is 1230. The Labute approximate surface area is 212 Å². The number of rotatable bonds is 9. The highest BCUT2D eigenvalue weighted by Crippen LogP contribution is 2.36. The molecule has 0 aliphatic carbocycles. The van der Waals surface area contributed by atoms with Crippen LogP contribution in [-0.2, 0) is 4.79 Å². The van der Waals surface area contributed by atoms with Crippen LogP contribution in [0.1, 0.15) is 56.3 Å². The average Bonchev–Trinajstić information content (AvgIpc) is 3.40. The molecule has 8 heteroatoms. The molecule has 1 atom stereocenters. The van der Waals surface area contributed by atoms with E-state index in [2.05, 4.69) is 45.8 Å². The summed E-state index contributed by atoms with van der Waals surface area (Å²) in [6.07, 6.45) is 11.8. The molecule has 4 heterocycles. The summed E-state index contributed by atoms with van der Waals surface area (Å²) in [6.45, 7) is 7.02. The second-order valence-corrected chi connectivity index (χ2v) is 9.82. The molecule has 0 bridgehead atoms. The predicted octanol–water partition coefficient (Wildman–Crippen LogP) is 4.85. The van der Waals surface area contributed by atoms with Crippen molar-refractivity contribution in [3.63, 3.8) is 0 Å². The van der Waals surface area contributed by atoms with Gasteiger partial charge in [0.25, 0.3) is 0 Å². The fraction of sp³-hybridized carbons (Fsp3) is 0.393. The Balaban J connectivity index is 1.50. The third kappa shape index (κ3) is 5.28. The Morgan fingerprint density at radius 1 is 1.25 bits per heavy atom. The first-order valence-corrected chi connectivity index (χ1v) is 12.8. The number of aromatic nitrogens is 3. The van der Waals surface area contributed by atoms with Crippen molar-refractivity contribution in [1.82, 2.24) is 25.4 Å². The van der Waals surface area contributed by atoms with Crippen LogP contribution in [0.5, 0.6) is 5.75 Å². The molecule has 0 saturated carbocycles. The molecular formula is C28H34N6O2. The van der Waals surface area contributed by atoms with Crippen LogP contribution in [0.2, 0.25) is 0 Å². The summed E-state index contributed by atoms with van der Waals surface area (Å²) in [5, 5.41) is 14.7. The molecule has 8 nitrogen and oxygen atoms in total. The number of ether oxygens (including phenoxy) is 1. The van der Waals surface area contributed by atoms with Gasteiger partial charge >= 0.3 is 0 Å². The molecule has 36 heavy (non-hydrogen) atoms. The number of aldehydes is 1. The molecule has 2 aliphatic rings. The van der Waals surface area contributed by atoms with Crippen LogP contribution in [0.25, 0.3) is 17.3 Å². The van der Waals surface area contributed by atoms with Crippen molar-refractivity contribution < 1.29 is 9.53 Å². The number of para-hydroxylation sites is 2. The lowest BCUT2D eigenvalue weighted by Crippen LogP contribution is -2.29. The zero-order valence-corrected chi connectivity index (χ0v) is 20.9. The number of hydrogen-bond acceptors (Lipinski definition) is 7. The van der Waals surface area contributed by atoms with Crippen LogP contribution in [0.4, 0.5) is 11.5 Å². The SMILES string of the molecule is CC(C)CCOc1ccccc1Nc1nc(-c2cnn(C3CCNCC3)c2)cc2c1C(C=O)NC=C2. The van der Waals surface area contributed by atoms with Crippen molar-refractivity contribution in [1.29, 1.82) is 0 Å². The number of pyridine rings is 1. The minimum Gasteiger partial charge on any atom is -0.491 e. The number of hydrogen-bond donors (Lipinski definition) is 3. The van der Waals surface area contributed by atoms with E-state index in [4.69, 9.17) is 9.72 Å². The lowest BCUT2D eigenvalue weighted by atomic mass is 9.97. The fourth-order valence-electron chi connectivity index (χ4n) is 4.68. The molecule has 0 radical (unpaired) electrons. The van der Waals surface area contributed by atoms with E-state index in [1.807, 2.05) is 48.8 Å². The van der Waals surface area contributed by atoms with E-state index in [1.54, 1.807) is 0 Å². The molecule has 3 aromatic rings. The van der Waals surface area contributed by atoms with Gasteiger partial charge in [0.2, 0.25) is 0 Å². The number of nitrogens with one attached hydrogen (secondary N) is 3. The average molecular weight is 487 g/mol. The topological polar surface area (TPSA) is 93.1 Å². The van der Waals surface area contributed by atoms with Gasteiger partial charge in [-0.05, 0) is 74.3 Å². The van der Waals surface area contributed by atoms with Crippen LogP contribution in [0, 0.1) is 5.92 Å². The first kappa shape index (κ1) is 24.1. The van der Waals surface area contributed by atoms with Gasteiger partial charge < -0.3 is 25.5 Å². The van der Waals surface area contributed by atoms with Crippen molar-refractivity contribution in [2.24, 2.45) is 5.92 Å². The zero-order valence-electron chi connectivity index (χ0n) is 20.9. The van der Waals surface area contributed by atoms with Gasteiger partial charge in [-0.25, -0.2) is 4.98 Å². The van der Waals surface area contributed by atoms with E-state index >= 15 is 0 Å². The van der Waals surface area contributed by atoms with E-state index in [9.17, 15) is 4.79 Å². The molecule has 2 aromatic heterocycles. The van der Waals surface area contributed by atoms with Crippen molar-refractivity contribution in [3.05, 3.63) is 60.1 Å². The predicted molar refractivity (Wildman–Crippen MR) is 142 cm³/mol. The van der Waals surface area contributed by atoms with E-state index in [0.29, 0.717) is 24.4 Å². The number of nitrogens with zero attached hydrogens (tertiary/aromatic N) is 3. The number of benzene rings is 1. The normalized spacial score (nSPS) is 17.5. The van der Waals surface area contributed by atoms with Crippen LogP contribution in [0.3, 0.4) is 0 Å². The highest BCUT2D eigenvalue weighted by Gasteiger charge is 2.24. The van der Waals surface area contributed by atoms with Gasteiger partial charge in [0.1, 0.15) is 23.9 Å². The maximum atomic E-state index is 11.9. The molecule has 3 N–H and O–H groups in total. The lowest BCUT2D eigenvalue weighted by molar-refractivity contribution is -0.109. The van der Waals surface area contributed by atoms with Crippen molar-refractivity contribution in [2.45, 2.75) is 45.2 Å². The molecule has 5 rings (SSSR count). The van der Waals surface area contributed by atoms with Crippen LogP contribution in [0.15, 0.2) is 48.9 Å². The summed E-state index contributed by atoms with van der Waals surface area (Å²) in [5.74, 6) is 1.96. The number of piperidine rings is 1. The van der Waals surface area contributed by atoms with Gasteiger partial charge in [-0.2, -0.15) is 5.10 Å². The van der Waals surface area contributed by atoms with E-state index in [-0.39, 0.29) is 0 Å². The smallest absolute Gasteiger partial charge is 0.146 e. The Morgan fingerprint density at radius 2 is 2.08 bits per heavy atom. The van der Waals surface area contributed by atoms with Gasteiger partial charge in [0.05, 0.1) is 30.2 Å². The van der Waals surface area contributed by atoms with Crippen LogP contribution in [-0.4, -0.2) is 40.7 Å². The summed E-state index contributed by atoms with van der Waals surface area (Å²) in [5.41, 5.74) is 4.35. The summed E-state index contributed by atoms with van der Waals surface area (Å²) in [6, 6.07) is 9.80. The lowest BCUT2D eigenvalue weighted by Gasteiger charge is -2.24. The van der Waals surface area contributed by atoms with E-state index in [1.165, 1.54) is 0 Å². The van der Waals surface area contributed by atoms with Crippen molar-refractivity contribution in [2.75, 3.05) is 25.0 Å². The maximum absolute atomic E-state index is 11.9. The maximum Gasteiger partial charge on any atom is 0.146 e. The quantitative estimate of drug-likeness (QED) is 0.372. The first-order chi connectivity index (χ1) is 17.6. The molecular weight excluding hydrogens is 452 g/mol. The number of carbonyl (C=O) groups is 1. The monoisotopic (exact) mass is 486 g/mol. The second-order valence-electron chi connectivity index (χ2n) is 9.82. The Morgan fingerprint density at radius 3 is 2.89 bits per heavy atom. The molecule has 1 fully saturated rings. The number of carbonyl (C=O) groups excluding carboxylic acids is 1. The highest BCUT2D eigenvalue weighted by atomic mass is 16.5. The molecule has 188 valence electrons. The third-order valence-electron chi connectivity index (χ3n) is 6.75. The fourth-order valence-corrected chi connectivity index (χ4v) is 4.68. The summed E-state index contributed by atoms with van der Waals surface area (Å²) >= 11 is 0. The van der Waals surface area contributed by atoms with E-state index in [0.717, 1.165) is 72.5 Å². The second kappa shape index (κ2) is 11.0. The Kier molecular flexibility index (Phi) is 7.32. The molecule has 1 saturated heterocycles.